The van der Waals surface area contributed by atoms with Crippen molar-refractivity contribution in [3.05, 3.63) is 29.3 Å². The fourth-order valence-electron chi connectivity index (χ4n) is 2.97. The minimum absolute atomic E-state index is 0.203. The number of phenols is 1. The smallest absolute Gasteiger partial charge is 0.122 e. The van der Waals surface area contributed by atoms with Crippen LogP contribution in [0.4, 0.5) is 0 Å². The van der Waals surface area contributed by atoms with Crippen molar-refractivity contribution in [3.63, 3.8) is 0 Å². The molecule has 1 heteroatoms. The Balaban J connectivity index is 0. The van der Waals surface area contributed by atoms with Crippen molar-refractivity contribution < 1.29 is 5.11 Å². The van der Waals surface area contributed by atoms with E-state index in [0.717, 1.165) is 23.5 Å². The Bertz CT molecular complexity index is 424. The molecule has 25 heavy (non-hydrogen) atoms. The average molecular weight is 351 g/mol. The largest absolute Gasteiger partial charge is 0.507 e. The lowest BCUT2D eigenvalue weighted by atomic mass is 9.83. The highest BCUT2D eigenvalue weighted by atomic mass is 16.3. The highest BCUT2D eigenvalue weighted by Crippen LogP contribution is 2.36. The average Bonchev–Trinajstić information content (AvgIpc) is 2.55. The van der Waals surface area contributed by atoms with Gasteiger partial charge in [0.25, 0.3) is 0 Å². The molecule has 0 saturated heterocycles. The first-order valence-corrected chi connectivity index (χ1v) is 10.5. The molecule has 0 fully saturated rings. The number of para-hydroxylation sites is 1. The van der Waals surface area contributed by atoms with E-state index in [9.17, 15) is 5.11 Å². The minimum Gasteiger partial charge on any atom is -0.507 e. The number of hydrogen-bond donors (Lipinski definition) is 1. The number of phenolic OH excluding ortho intramolecular Hbond substituents is 1. The van der Waals surface area contributed by atoms with Crippen molar-refractivity contribution in [2.24, 2.45) is 11.3 Å². The molecule has 0 bridgehead atoms. The molecule has 0 aliphatic rings. The first-order valence-electron chi connectivity index (χ1n) is 10.5. The first-order chi connectivity index (χ1) is 11.7. The lowest BCUT2D eigenvalue weighted by Gasteiger charge is -2.23. The summed E-state index contributed by atoms with van der Waals surface area (Å²) in [6.07, 6.45) is 5.79. The minimum atomic E-state index is 0.203. The molecular formula is C24H46O. The van der Waals surface area contributed by atoms with Crippen LogP contribution in [0.1, 0.15) is 112 Å². The highest BCUT2D eigenvalue weighted by Gasteiger charge is 2.19. The maximum Gasteiger partial charge on any atom is 0.122 e. The lowest BCUT2D eigenvalue weighted by molar-refractivity contribution is 0.384. The summed E-state index contributed by atoms with van der Waals surface area (Å²) in [4.78, 5) is 0. The Labute approximate surface area is 159 Å². The Morgan fingerprint density at radius 2 is 1.44 bits per heavy atom. The SMILES string of the molecule is CC.CCC.CCC(CC)CC(C)c1cccc(CC(C)(C)C)c1O. The number of benzene rings is 1. The van der Waals surface area contributed by atoms with Gasteiger partial charge >= 0.3 is 0 Å². The van der Waals surface area contributed by atoms with Crippen molar-refractivity contribution in [2.75, 3.05) is 0 Å². The molecule has 0 saturated carbocycles. The maximum atomic E-state index is 10.6. The van der Waals surface area contributed by atoms with Crippen molar-refractivity contribution in [3.8, 4) is 5.75 Å². The van der Waals surface area contributed by atoms with Gasteiger partial charge in [0.1, 0.15) is 5.75 Å². The molecule has 0 aromatic heterocycles. The molecule has 0 amide bonds. The van der Waals surface area contributed by atoms with E-state index in [1.54, 1.807) is 0 Å². The van der Waals surface area contributed by atoms with E-state index in [-0.39, 0.29) is 5.41 Å². The van der Waals surface area contributed by atoms with E-state index in [4.69, 9.17) is 0 Å². The zero-order valence-electron chi connectivity index (χ0n) is 18.9. The van der Waals surface area contributed by atoms with Crippen LogP contribution >= 0.6 is 0 Å². The van der Waals surface area contributed by atoms with Crippen LogP contribution in [0, 0.1) is 11.3 Å². The molecule has 1 unspecified atom stereocenters. The summed E-state index contributed by atoms with van der Waals surface area (Å²) in [7, 11) is 0. The maximum absolute atomic E-state index is 10.6. The third-order valence-corrected chi connectivity index (χ3v) is 4.24. The van der Waals surface area contributed by atoms with E-state index in [0.29, 0.717) is 11.7 Å². The third-order valence-electron chi connectivity index (χ3n) is 4.24. The second kappa shape index (κ2) is 14.2. The topological polar surface area (TPSA) is 20.2 Å². The van der Waals surface area contributed by atoms with Gasteiger partial charge in [-0.2, -0.15) is 0 Å². The van der Waals surface area contributed by atoms with Crippen molar-refractivity contribution in [2.45, 2.75) is 107 Å². The molecule has 0 radical (unpaired) electrons. The van der Waals surface area contributed by atoms with E-state index in [1.165, 1.54) is 25.7 Å². The van der Waals surface area contributed by atoms with Crippen LogP contribution in [0.25, 0.3) is 0 Å². The van der Waals surface area contributed by atoms with Gasteiger partial charge in [0.15, 0.2) is 0 Å². The van der Waals surface area contributed by atoms with Gasteiger partial charge in [-0.05, 0) is 41.2 Å². The molecule has 1 nitrogen and oxygen atoms in total. The molecule has 1 atom stereocenters. The normalized spacial score (nSPS) is 12.0. The van der Waals surface area contributed by atoms with Gasteiger partial charge in [0.05, 0.1) is 0 Å². The molecule has 1 N–H and O–H groups in total. The summed E-state index contributed by atoms with van der Waals surface area (Å²) >= 11 is 0. The molecular weight excluding hydrogens is 304 g/mol. The molecule has 1 rings (SSSR count). The zero-order chi connectivity index (χ0) is 20.0. The Hall–Kier alpha value is -0.980. The van der Waals surface area contributed by atoms with Gasteiger partial charge in [-0.3, -0.25) is 0 Å². The van der Waals surface area contributed by atoms with E-state index in [1.807, 2.05) is 13.8 Å². The molecule has 0 aliphatic heterocycles. The summed E-state index contributed by atoms with van der Waals surface area (Å²) in [6, 6.07) is 6.25. The number of aromatic hydroxyl groups is 1. The number of rotatable bonds is 6. The van der Waals surface area contributed by atoms with Gasteiger partial charge in [0.2, 0.25) is 0 Å². The molecule has 0 spiro atoms. The van der Waals surface area contributed by atoms with E-state index >= 15 is 0 Å². The molecule has 148 valence electrons. The van der Waals surface area contributed by atoms with Crippen LogP contribution < -0.4 is 0 Å². The van der Waals surface area contributed by atoms with Crippen LogP contribution in [-0.4, -0.2) is 5.11 Å². The monoisotopic (exact) mass is 350 g/mol. The number of hydrogen-bond acceptors (Lipinski definition) is 1. The summed E-state index contributed by atoms with van der Waals surface area (Å²) in [5.41, 5.74) is 2.42. The summed E-state index contributed by atoms with van der Waals surface area (Å²) in [5, 5.41) is 10.6. The summed E-state index contributed by atoms with van der Waals surface area (Å²) in [6.45, 7) is 21.7. The predicted octanol–water partition coefficient (Wildman–Crippen LogP) is 8.35. The summed E-state index contributed by atoms with van der Waals surface area (Å²) in [5.74, 6) is 1.72. The van der Waals surface area contributed by atoms with Gasteiger partial charge in [-0.1, -0.05) is 107 Å². The third kappa shape index (κ3) is 11.3. The molecule has 1 aromatic rings. The van der Waals surface area contributed by atoms with Crippen LogP contribution in [0.15, 0.2) is 18.2 Å². The second-order valence-electron chi connectivity index (χ2n) is 8.12. The van der Waals surface area contributed by atoms with Crippen LogP contribution in [0.3, 0.4) is 0 Å². The molecule has 0 heterocycles. The standard InChI is InChI=1S/C19H32O.C3H8.C2H6/c1-7-15(8-2)12-14(3)17-11-9-10-16(18(17)20)13-19(4,5)6;1-3-2;1-2/h9-11,14-15,20H,7-8,12-13H2,1-6H3;3H2,1-2H3;1-2H3. The van der Waals surface area contributed by atoms with Gasteiger partial charge in [-0.25, -0.2) is 0 Å². The second-order valence-corrected chi connectivity index (χ2v) is 8.12. The Morgan fingerprint density at radius 1 is 0.960 bits per heavy atom. The van der Waals surface area contributed by atoms with Gasteiger partial charge in [0, 0.05) is 0 Å². The zero-order valence-corrected chi connectivity index (χ0v) is 18.9. The fourth-order valence-corrected chi connectivity index (χ4v) is 2.97. The predicted molar refractivity (Wildman–Crippen MR) is 116 cm³/mol. The van der Waals surface area contributed by atoms with Crippen LogP contribution in [0.5, 0.6) is 5.75 Å². The van der Waals surface area contributed by atoms with E-state index in [2.05, 4.69) is 73.6 Å². The van der Waals surface area contributed by atoms with Crippen LogP contribution in [0.2, 0.25) is 0 Å². The van der Waals surface area contributed by atoms with Gasteiger partial charge in [-0.15, -0.1) is 0 Å². The highest BCUT2D eigenvalue weighted by molar-refractivity contribution is 5.42. The first kappa shape index (κ1) is 26.3. The molecule has 0 aliphatic carbocycles. The lowest BCUT2D eigenvalue weighted by Crippen LogP contribution is -2.10. The van der Waals surface area contributed by atoms with Crippen molar-refractivity contribution in [1.82, 2.24) is 0 Å². The van der Waals surface area contributed by atoms with E-state index < -0.39 is 0 Å². The fraction of sp³-hybridized carbons (Fsp3) is 0.750. The van der Waals surface area contributed by atoms with Gasteiger partial charge < -0.3 is 5.11 Å². The summed E-state index contributed by atoms with van der Waals surface area (Å²) < 4.78 is 0. The van der Waals surface area contributed by atoms with Crippen molar-refractivity contribution >= 4 is 0 Å². The van der Waals surface area contributed by atoms with Crippen LogP contribution in [-0.2, 0) is 6.42 Å². The Morgan fingerprint density at radius 3 is 1.84 bits per heavy atom. The van der Waals surface area contributed by atoms with Crippen molar-refractivity contribution in [1.29, 1.82) is 0 Å². The molecule has 1 aromatic carbocycles. The quantitative estimate of drug-likeness (QED) is 0.546. The Kier molecular flexibility index (Phi) is 14.9.